The van der Waals surface area contributed by atoms with Crippen molar-refractivity contribution in [3.05, 3.63) is 52.5 Å². The summed E-state index contributed by atoms with van der Waals surface area (Å²) in [5.41, 5.74) is 0.927. The van der Waals surface area contributed by atoms with Crippen LogP contribution in [0.15, 0.2) is 46.9 Å². The molecule has 0 spiro atoms. The smallest absolute Gasteiger partial charge is 0.320 e. The van der Waals surface area contributed by atoms with Crippen molar-refractivity contribution in [2.75, 3.05) is 5.32 Å². The van der Waals surface area contributed by atoms with Gasteiger partial charge in [-0.3, -0.25) is 0 Å². The van der Waals surface area contributed by atoms with Crippen molar-refractivity contribution in [3.63, 3.8) is 0 Å². The van der Waals surface area contributed by atoms with Gasteiger partial charge < -0.3 is 14.8 Å². The second-order valence-corrected chi connectivity index (χ2v) is 4.97. The van der Waals surface area contributed by atoms with Crippen LogP contribution in [0, 0.1) is 0 Å². The van der Waals surface area contributed by atoms with E-state index in [1.807, 2.05) is 0 Å². The number of aromatic hydroxyl groups is 1. The Hall–Kier alpha value is -2.24. The molecule has 7 heteroatoms. The Morgan fingerprint density at radius 3 is 2.38 bits per heavy atom. The first kappa shape index (κ1) is 13.7. The Morgan fingerprint density at radius 2 is 1.67 bits per heavy atom. The summed E-state index contributed by atoms with van der Waals surface area (Å²) in [5, 5.41) is 21.2. The van der Waals surface area contributed by atoms with Crippen LogP contribution >= 0.6 is 23.2 Å². The second-order valence-electron chi connectivity index (χ2n) is 4.15. The van der Waals surface area contributed by atoms with Crippen LogP contribution in [0.5, 0.6) is 5.75 Å². The van der Waals surface area contributed by atoms with Crippen LogP contribution in [0.25, 0.3) is 11.5 Å². The lowest BCUT2D eigenvalue weighted by molar-refractivity contribution is 0.473. The third-order valence-corrected chi connectivity index (χ3v) is 3.38. The molecule has 0 bridgehead atoms. The molecule has 0 unspecified atom stereocenters. The van der Waals surface area contributed by atoms with Gasteiger partial charge in [0.25, 0.3) is 5.89 Å². The van der Waals surface area contributed by atoms with Gasteiger partial charge in [-0.05, 0) is 24.3 Å². The predicted octanol–water partition coefficient (Wildman–Crippen LogP) is 4.49. The molecule has 21 heavy (non-hydrogen) atoms. The summed E-state index contributed by atoms with van der Waals surface area (Å²) in [6.07, 6.45) is 0. The van der Waals surface area contributed by atoms with Crippen molar-refractivity contribution in [1.82, 2.24) is 10.2 Å². The van der Waals surface area contributed by atoms with E-state index >= 15 is 0 Å². The quantitative estimate of drug-likeness (QED) is 0.743. The maximum absolute atomic E-state index is 9.76. The van der Waals surface area contributed by atoms with Crippen molar-refractivity contribution >= 4 is 34.9 Å². The Kier molecular flexibility index (Phi) is 3.68. The number of phenolic OH excluding ortho intramolecular Hbond substituents is 1. The van der Waals surface area contributed by atoms with Gasteiger partial charge in [-0.15, -0.1) is 5.10 Å². The van der Waals surface area contributed by atoms with Crippen molar-refractivity contribution in [3.8, 4) is 17.2 Å². The lowest BCUT2D eigenvalue weighted by Crippen LogP contribution is -1.92. The van der Waals surface area contributed by atoms with Gasteiger partial charge in [-0.1, -0.05) is 46.5 Å². The highest BCUT2D eigenvalue weighted by Gasteiger charge is 2.14. The third kappa shape index (κ3) is 2.79. The van der Waals surface area contributed by atoms with Gasteiger partial charge in [0.2, 0.25) is 0 Å². The van der Waals surface area contributed by atoms with Gasteiger partial charge in [-0.25, -0.2) is 0 Å². The predicted molar refractivity (Wildman–Crippen MR) is 81.1 cm³/mol. The van der Waals surface area contributed by atoms with Crippen molar-refractivity contribution < 1.29 is 9.52 Å². The molecule has 0 aliphatic heterocycles. The molecule has 0 saturated carbocycles. The first-order chi connectivity index (χ1) is 10.1. The molecule has 0 amide bonds. The fourth-order valence-corrected chi connectivity index (χ4v) is 2.25. The van der Waals surface area contributed by atoms with Gasteiger partial charge in [-0.2, -0.15) is 0 Å². The first-order valence-electron chi connectivity index (χ1n) is 5.98. The molecule has 0 atom stereocenters. The average molecular weight is 322 g/mol. The summed E-state index contributed by atoms with van der Waals surface area (Å²) in [6.45, 7) is 0. The second kappa shape index (κ2) is 5.63. The van der Waals surface area contributed by atoms with Crippen molar-refractivity contribution in [2.45, 2.75) is 0 Å². The van der Waals surface area contributed by atoms with Gasteiger partial charge in [0.05, 0.1) is 21.3 Å². The molecule has 1 heterocycles. The Labute approximate surface area is 130 Å². The minimum Gasteiger partial charge on any atom is -0.507 e. The molecule has 2 N–H and O–H groups in total. The van der Waals surface area contributed by atoms with Gasteiger partial charge in [0, 0.05) is 0 Å². The fraction of sp³-hybridized carbons (Fsp3) is 0. The first-order valence-corrected chi connectivity index (χ1v) is 6.73. The van der Waals surface area contributed by atoms with Crippen LogP contribution in [0.3, 0.4) is 0 Å². The maximum atomic E-state index is 9.76. The molecule has 0 aliphatic rings. The van der Waals surface area contributed by atoms with E-state index in [4.69, 9.17) is 27.6 Å². The van der Waals surface area contributed by atoms with Crippen molar-refractivity contribution in [2.24, 2.45) is 0 Å². The molecule has 0 radical (unpaired) electrons. The third-order valence-electron chi connectivity index (χ3n) is 2.75. The zero-order valence-electron chi connectivity index (χ0n) is 10.5. The highest BCUT2D eigenvalue weighted by atomic mass is 35.5. The zero-order valence-corrected chi connectivity index (χ0v) is 12.1. The highest BCUT2D eigenvalue weighted by molar-refractivity contribution is 6.39. The molecule has 5 nitrogen and oxygen atoms in total. The van der Waals surface area contributed by atoms with Crippen LogP contribution in [0.1, 0.15) is 0 Å². The maximum Gasteiger partial charge on any atom is 0.320 e. The van der Waals surface area contributed by atoms with Crippen LogP contribution in [0.2, 0.25) is 10.0 Å². The SMILES string of the molecule is Oc1ccccc1-c1nnc(Nc2c(Cl)cccc2Cl)o1. The molecule has 3 rings (SSSR count). The van der Waals surface area contributed by atoms with Crippen LogP contribution < -0.4 is 5.32 Å². The minimum atomic E-state index is 0.0588. The summed E-state index contributed by atoms with van der Waals surface area (Å²) >= 11 is 12.1. The number of nitrogens with zero attached hydrogens (tertiary/aromatic N) is 2. The van der Waals surface area contributed by atoms with E-state index in [0.29, 0.717) is 21.3 Å². The number of hydrogen-bond donors (Lipinski definition) is 2. The Morgan fingerprint density at radius 1 is 0.952 bits per heavy atom. The topological polar surface area (TPSA) is 71.2 Å². The monoisotopic (exact) mass is 321 g/mol. The van der Waals surface area contributed by atoms with E-state index in [2.05, 4.69) is 15.5 Å². The molecular formula is C14H9Cl2N3O2. The van der Waals surface area contributed by atoms with E-state index in [0.717, 1.165) is 0 Å². The number of phenols is 1. The normalized spacial score (nSPS) is 10.6. The number of nitrogens with one attached hydrogen (secondary N) is 1. The van der Waals surface area contributed by atoms with E-state index in [9.17, 15) is 5.11 Å². The Bertz CT molecular complexity index is 769. The molecule has 3 aromatic rings. The fourth-order valence-electron chi connectivity index (χ4n) is 1.76. The molecule has 0 fully saturated rings. The number of anilines is 2. The number of rotatable bonds is 3. The number of para-hydroxylation sites is 2. The number of halogens is 2. The lowest BCUT2D eigenvalue weighted by atomic mass is 10.2. The van der Waals surface area contributed by atoms with Crippen LogP contribution in [-0.4, -0.2) is 15.3 Å². The number of aromatic nitrogens is 2. The zero-order chi connectivity index (χ0) is 14.8. The van der Waals surface area contributed by atoms with E-state index in [-0.39, 0.29) is 17.7 Å². The Balaban J connectivity index is 1.91. The van der Waals surface area contributed by atoms with Crippen LogP contribution in [-0.2, 0) is 0 Å². The molecule has 0 aliphatic carbocycles. The molecule has 0 saturated heterocycles. The minimum absolute atomic E-state index is 0.0588. The van der Waals surface area contributed by atoms with Gasteiger partial charge >= 0.3 is 6.01 Å². The van der Waals surface area contributed by atoms with Gasteiger partial charge in [0.1, 0.15) is 5.75 Å². The summed E-state index contributed by atoms with van der Waals surface area (Å²) in [5.74, 6) is 0.252. The number of hydrogen-bond acceptors (Lipinski definition) is 5. The van der Waals surface area contributed by atoms with Gasteiger partial charge in [0.15, 0.2) is 0 Å². The molecule has 106 valence electrons. The largest absolute Gasteiger partial charge is 0.507 e. The van der Waals surface area contributed by atoms with E-state index in [1.165, 1.54) is 6.07 Å². The molecular weight excluding hydrogens is 313 g/mol. The lowest BCUT2D eigenvalue weighted by Gasteiger charge is -2.05. The summed E-state index contributed by atoms with van der Waals surface area (Å²) < 4.78 is 5.45. The molecule has 2 aromatic carbocycles. The summed E-state index contributed by atoms with van der Waals surface area (Å²) in [4.78, 5) is 0. The van der Waals surface area contributed by atoms with Crippen molar-refractivity contribution in [1.29, 1.82) is 0 Å². The summed E-state index contributed by atoms with van der Waals surface area (Å²) in [7, 11) is 0. The standard InChI is InChI=1S/C14H9Cl2N3O2/c15-9-5-3-6-10(16)12(9)17-14-19-18-13(21-14)8-4-1-2-7-11(8)20/h1-7,20H,(H,17,19). The van der Waals surface area contributed by atoms with E-state index in [1.54, 1.807) is 36.4 Å². The average Bonchev–Trinajstić information content (AvgIpc) is 2.92. The number of benzene rings is 2. The van der Waals surface area contributed by atoms with E-state index < -0.39 is 0 Å². The molecule has 1 aromatic heterocycles. The summed E-state index contributed by atoms with van der Waals surface area (Å²) in [6, 6.07) is 11.9. The highest BCUT2D eigenvalue weighted by Crippen LogP contribution is 2.34. The van der Waals surface area contributed by atoms with Crippen LogP contribution in [0.4, 0.5) is 11.7 Å².